The van der Waals surface area contributed by atoms with Crippen molar-refractivity contribution in [2.75, 3.05) is 26.2 Å². The molecule has 0 bridgehead atoms. The van der Waals surface area contributed by atoms with Gasteiger partial charge in [0.05, 0.1) is 0 Å². The van der Waals surface area contributed by atoms with Crippen LogP contribution in [0, 0.1) is 0 Å². The number of carboxylic acids is 1. The number of carbonyl (C=O) groups excluding carboxylic acids is 5. The number of aromatic amines is 2. The number of carbonyl (C=O) groups is 6. The molecule has 1 aliphatic rings. The molecule has 0 saturated heterocycles. The highest BCUT2D eigenvalue weighted by molar-refractivity contribution is 5.96. The number of hydrogen-bond acceptors (Lipinski definition) is 8. The van der Waals surface area contributed by atoms with Crippen LogP contribution in [-0.4, -0.2) is 101 Å². The summed E-state index contributed by atoms with van der Waals surface area (Å²) >= 11 is 0. The zero-order valence-electron chi connectivity index (χ0n) is 35.3. The third-order valence-corrected chi connectivity index (χ3v) is 11.2. The van der Waals surface area contributed by atoms with Gasteiger partial charge in [-0.25, -0.2) is 4.79 Å². The van der Waals surface area contributed by atoms with E-state index in [0.29, 0.717) is 11.1 Å². The van der Waals surface area contributed by atoms with E-state index in [-0.39, 0.29) is 50.7 Å². The number of nitrogens with zero attached hydrogens (tertiary/aromatic N) is 1. The monoisotopic (exact) mass is 882 g/mol. The zero-order chi connectivity index (χ0) is 45.9. The summed E-state index contributed by atoms with van der Waals surface area (Å²) < 4.78 is 5.60. The maximum Gasteiger partial charge on any atom is 0.407 e. The fourth-order valence-corrected chi connectivity index (χ4v) is 8.11. The lowest BCUT2D eigenvalue weighted by Gasteiger charge is -2.25. The third-order valence-electron chi connectivity index (χ3n) is 11.2. The second-order valence-electron chi connectivity index (χ2n) is 15.6. The van der Waals surface area contributed by atoms with Crippen LogP contribution in [-0.2, 0) is 41.6 Å². The number of ether oxygens (including phenoxy) is 1. The van der Waals surface area contributed by atoms with E-state index in [2.05, 4.69) is 41.5 Å². The van der Waals surface area contributed by atoms with E-state index >= 15 is 0 Å². The Bertz CT molecular complexity index is 2700. The lowest BCUT2D eigenvalue weighted by atomic mass is 9.98. The van der Waals surface area contributed by atoms with Crippen LogP contribution in [0.25, 0.3) is 32.9 Å². The van der Waals surface area contributed by atoms with Gasteiger partial charge in [-0.2, -0.15) is 0 Å². The van der Waals surface area contributed by atoms with Crippen LogP contribution in [0.15, 0.2) is 114 Å². The predicted molar refractivity (Wildman–Crippen MR) is 243 cm³/mol. The Morgan fingerprint density at radius 2 is 1.17 bits per heavy atom. The molecule has 65 heavy (non-hydrogen) atoms. The Balaban J connectivity index is 1.06. The Morgan fingerprint density at radius 1 is 0.646 bits per heavy atom. The standard InChI is InChI=1S/C47H50N10O8/c48-46(49)50-19-9-18-38(44(62)57-39(43(61)53-25-42(59)60)20-27-22-51-36-16-7-5-10-29(27)36)56-45(63)40(21-28-23-52-37-17-8-6-11-30(28)37)55-41(58)24-54-47(64)65-26-35-33-14-3-1-12-31(33)32-13-2-4-15-34(32)35/h1-8,10-17,22-23,35,38-40,51-52H,9,18-21,24-26H2,(H,53,61)(H,54,64)(H,55,58)(H,56,63)(H,57,62)(H,59,60)(H4,48,49,50)/t38-,39-,40-/m0/s1. The minimum absolute atomic E-state index is 0.00198. The Labute approximate surface area is 373 Å². The topological polar surface area (TPSA) is 288 Å². The first-order valence-corrected chi connectivity index (χ1v) is 21.1. The van der Waals surface area contributed by atoms with Gasteiger partial charge in [-0.15, -0.1) is 0 Å². The highest BCUT2D eigenvalue weighted by Crippen LogP contribution is 2.44. The Morgan fingerprint density at radius 3 is 1.75 bits per heavy atom. The molecule has 0 spiro atoms. The van der Waals surface area contributed by atoms with Crippen molar-refractivity contribution in [2.45, 2.75) is 49.7 Å². The molecule has 6 aromatic rings. The number of nitrogens with one attached hydrogen (secondary N) is 7. The number of fused-ring (bicyclic) bond motifs is 5. The fourth-order valence-electron chi connectivity index (χ4n) is 8.11. The summed E-state index contributed by atoms with van der Waals surface area (Å²) in [4.78, 5) is 90.1. The van der Waals surface area contributed by atoms with Crippen molar-refractivity contribution in [3.8, 4) is 11.1 Å². The van der Waals surface area contributed by atoms with E-state index in [1.54, 1.807) is 12.4 Å². The smallest absolute Gasteiger partial charge is 0.407 e. The molecule has 7 rings (SSSR count). The van der Waals surface area contributed by atoms with E-state index < -0.39 is 66.9 Å². The van der Waals surface area contributed by atoms with Gasteiger partial charge in [0.25, 0.3) is 0 Å². The van der Waals surface area contributed by atoms with E-state index in [1.165, 1.54) is 0 Å². The average Bonchev–Trinajstić information content (AvgIpc) is 4.00. The molecule has 2 heterocycles. The number of rotatable bonds is 20. The van der Waals surface area contributed by atoms with Crippen LogP contribution < -0.4 is 38.1 Å². The first-order chi connectivity index (χ1) is 31.4. The summed E-state index contributed by atoms with van der Waals surface area (Å²) in [6.45, 7) is -1.08. The van der Waals surface area contributed by atoms with E-state index in [1.807, 2.05) is 97.1 Å². The molecule has 3 atom stereocenters. The molecule has 0 unspecified atom stereocenters. The number of benzene rings is 4. The molecule has 336 valence electrons. The summed E-state index contributed by atoms with van der Waals surface area (Å²) in [5, 5.41) is 23.9. The van der Waals surface area contributed by atoms with Gasteiger partial charge < -0.3 is 57.9 Å². The summed E-state index contributed by atoms with van der Waals surface area (Å²) in [6, 6.07) is 26.8. The molecule has 18 nitrogen and oxygen atoms in total. The first kappa shape index (κ1) is 44.9. The molecule has 0 aliphatic heterocycles. The molecule has 0 saturated carbocycles. The number of para-hydroxylation sites is 2. The molecule has 4 aromatic carbocycles. The predicted octanol–water partition coefficient (Wildman–Crippen LogP) is 2.68. The van der Waals surface area contributed by atoms with E-state index in [9.17, 15) is 33.9 Å². The second-order valence-corrected chi connectivity index (χ2v) is 15.6. The molecular weight excluding hydrogens is 833 g/mol. The average molecular weight is 883 g/mol. The second kappa shape index (κ2) is 20.8. The van der Waals surface area contributed by atoms with Crippen molar-refractivity contribution in [3.63, 3.8) is 0 Å². The van der Waals surface area contributed by atoms with Crippen LogP contribution in [0.3, 0.4) is 0 Å². The highest BCUT2D eigenvalue weighted by Gasteiger charge is 2.32. The van der Waals surface area contributed by atoms with Crippen molar-refractivity contribution in [1.82, 2.24) is 36.6 Å². The third kappa shape index (κ3) is 11.3. The molecule has 0 fully saturated rings. The van der Waals surface area contributed by atoms with Crippen molar-refractivity contribution < 1.29 is 38.6 Å². The molecular formula is C47H50N10O8. The summed E-state index contributed by atoms with van der Waals surface area (Å²) in [5.41, 5.74) is 18.2. The number of aliphatic imine (C=N–C) groups is 1. The summed E-state index contributed by atoms with van der Waals surface area (Å²) in [5.74, 6) is -4.61. The Kier molecular flexibility index (Phi) is 14.4. The number of guanidine groups is 1. The number of carboxylic acid groups (broad SMARTS) is 1. The van der Waals surface area contributed by atoms with E-state index in [4.69, 9.17) is 16.2 Å². The van der Waals surface area contributed by atoms with Crippen molar-refractivity contribution in [2.24, 2.45) is 16.5 Å². The van der Waals surface area contributed by atoms with Crippen molar-refractivity contribution >= 4 is 63.5 Å². The number of nitrogens with two attached hydrogens (primary N) is 2. The fraction of sp³-hybridized carbons (Fsp3) is 0.255. The van der Waals surface area contributed by atoms with Crippen LogP contribution in [0.2, 0.25) is 0 Å². The molecule has 5 amide bonds. The normalized spacial score (nSPS) is 13.1. The van der Waals surface area contributed by atoms with Gasteiger partial charge in [0.2, 0.25) is 23.6 Å². The van der Waals surface area contributed by atoms with Crippen molar-refractivity contribution in [3.05, 3.63) is 132 Å². The van der Waals surface area contributed by atoms with Gasteiger partial charge in [-0.3, -0.25) is 29.0 Å². The van der Waals surface area contributed by atoms with Gasteiger partial charge in [-0.1, -0.05) is 84.9 Å². The van der Waals surface area contributed by atoms with E-state index in [0.717, 1.165) is 44.1 Å². The minimum Gasteiger partial charge on any atom is -0.480 e. The SMILES string of the molecule is NC(N)=NCCC[C@H](NC(=O)[C@H](Cc1c[nH]c2ccccc12)NC(=O)CNC(=O)OCC1c2ccccc2-c2ccccc21)C(=O)N[C@@H](Cc1c[nH]c2ccccc12)C(=O)NCC(=O)O. The minimum atomic E-state index is -1.28. The lowest BCUT2D eigenvalue weighted by Crippen LogP contribution is -2.58. The van der Waals surface area contributed by atoms with Crippen LogP contribution >= 0.6 is 0 Å². The molecule has 2 aromatic heterocycles. The van der Waals surface area contributed by atoms with Gasteiger partial charge in [0.15, 0.2) is 5.96 Å². The van der Waals surface area contributed by atoms with Crippen LogP contribution in [0.1, 0.15) is 41.0 Å². The molecule has 18 heteroatoms. The summed E-state index contributed by atoms with van der Waals surface area (Å²) in [7, 11) is 0. The number of amides is 5. The molecule has 1 aliphatic carbocycles. The number of alkyl carbamates (subject to hydrolysis) is 1. The van der Waals surface area contributed by atoms with Gasteiger partial charge >= 0.3 is 12.1 Å². The van der Waals surface area contributed by atoms with Gasteiger partial charge in [-0.05, 0) is 58.4 Å². The Hall–Kier alpha value is -8.15. The van der Waals surface area contributed by atoms with Gasteiger partial charge in [0, 0.05) is 59.5 Å². The maximum absolute atomic E-state index is 14.3. The van der Waals surface area contributed by atoms with Crippen molar-refractivity contribution in [1.29, 1.82) is 0 Å². The van der Waals surface area contributed by atoms with Crippen LogP contribution in [0.5, 0.6) is 0 Å². The van der Waals surface area contributed by atoms with Crippen LogP contribution in [0.4, 0.5) is 4.79 Å². The first-order valence-electron chi connectivity index (χ1n) is 21.1. The zero-order valence-corrected chi connectivity index (χ0v) is 35.3. The molecule has 0 radical (unpaired) electrons. The number of hydrogen-bond donors (Lipinski definition) is 10. The largest absolute Gasteiger partial charge is 0.480 e. The summed E-state index contributed by atoms with van der Waals surface area (Å²) in [6.07, 6.45) is 2.77. The number of H-pyrrole nitrogens is 2. The quantitative estimate of drug-likeness (QED) is 0.0304. The maximum atomic E-state index is 14.3. The number of aliphatic carboxylic acids is 1. The number of aromatic nitrogens is 2. The lowest BCUT2D eigenvalue weighted by molar-refractivity contribution is -0.138. The van der Waals surface area contributed by atoms with Gasteiger partial charge in [0.1, 0.15) is 37.8 Å². The highest BCUT2D eigenvalue weighted by atomic mass is 16.5. The molecule has 12 N–H and O–H groups in total.